The number of thiazole rings is 1. The van der Waals surface area contributed by atoms with E-state index in [0.717, 1.165) is 36.6 Å². The zero-order valence-corrected chi connectivity index (χ0v) is 14.9. The fraction of sp³-hybridized carbons (Fsp3) is 0.412. The molecule has 0 spiro atoms. The SMILES string of the molecule is CCc1ncc(C(=O)Nc2ccc(N3CCCC(C(N)=O)C3)nc2)s1. The number of nitrogens with one attached hydrogen (secondary N) is 1. The van der Waals surface area contributed by atoms with Crippen molar-refractivity contribution in [1.29, 1.82) is 0 Å². The number of pyridine rings is 1. The highest BCUT2D eigenvalue weighted by atomic mass is 32.1. The molecule has 0 aliphatic carbocycles. The first kappa shape index (κ1) is 17.3. The maximum absolute atomic E-state index is 12.2. The van der Waals surface area contributed by atoms with Gasteiger partial charge in [-0.05, 0) is 31.4 Å². The highest BCUT2D eigenvalue weighted by Crippen LogP contribution is 2.23. The Morgan fingerprint density at radius 2 is 2.20 bits per heavy atom. The molecule has 3 rings (SSSR count). The number of carbonyl (C=O) groups excluding carboxylic acids is 2. The van der Waals surface area contributed by atoms with E-state index in [2.05, 4.69) is 20.2 Å². The molecule has 132 valence electrons. The lowest BCUT2D eigenvalue weighted by atomic mass is 9.97. The van der Waals surface area contributed by atoms with E-state index in [1.165, 1.54) is 11.3 Å². The van der Waals surface area contributed by atoms with Gasteiger partial charge in [-0.3, -0.25) is 9.59 Å². The maximum atomic E-state index is 12.2. The summed E-state index contributed by atoms with van der Waals surface area (Å²) in [6.45, 7) is 3.45. The summed E-state index contributed by atoms with van der Waals surface area (Å²) < 4.78 is 0. The van der Waals surface area contributed by atoms with Crippen molar-refractivity contribution in [3.05, 3.63) is 34.4 Å². The second-order valence-electron chi connectivity index (χ2n) is 6.02. The Kier molecular flexibility index (Phi) is 5.28. The van der Waals surface area contributed by atoms with Gasteiger partial charge in [0.25, 0.3) is 5.91 Å². The standard InChI is InChI=1S/C17H21N5O2S/c1-2-15-20-9-13(25-15)17(24)21-12-5-6-14(19-8-12)22-7-3-4-11(10-22)16(18)23/h5-6,8-9,11H,2-4,7,10H2,1H3,(H2,18,23)(H,21,24). The summed E-state index contributed by atoms with van der Waals surface area (Å²) in [5.74, 6) is 0.215. The van der Waals surface area contributed by atoms with E-state index in [-0.39, 0.29) is 17.7 Å². The van der Waals surface area contributed by atoms with Crippen molar-refractivity contribution in [2.75, 3.05) is 23.3 Å². The third kappa shape index (κ3) is 4.14. The largest absolute Gasteiger partial charge is 0.369 e. The Labute approximate surface area is 150 Å². The Bertz CT molecular complexity index is 759. The summed E-state index contributed by atoms with van der Waals surface area (Å²) in [6, 6.07) is 3.67. The topological polar surface area (TPSA) is 101 Å². The fourth-order valence-electron chi connectivity index (χ4n) is 2.84. The van der Waals surface area contributed by atoms with E-state index in [0.29, 0.717) is 17.1 Å². The molecule has 1 aliphatic heterocycles. The molecule has 1 fully saturated rings. The lowest BCUT2D eigenvalue weighted by molar-refractivity contribution is -0.122. The molecule has 2 aromatic heterocycles. The minimum absolute atomic E-state index is 0.131. The summed E-state index contributed by atoms with van der Waals surface area (Å²) in [7, 11) is 0. The van der Waals surface area contributed by atoms with Crippen molar-refractivity contribution >= 4 is 34.7 Å². The number of hydrogen-bond donors (Lipinski definition) is 2. The number of rotatable bonds is 5. The van der Waals surface area contributed by atoms with Gasteiger partial charge in [0.05, 0.1) is 29.0 Å². The van der Waals surface area contributed by atoms with Crippen molar-refractivity contribution in [3.8, 4) is 0 Å². The Morgan fingerprint density at radius 3 is 2.84 bits per heavy atom. The van der Waals surface area contributed by atoms with E-state index in [9.17, 15) is 9.59 Å². The number of piperidine rings is 1. The molecule has 3 N–H and O–H groups in total. The second-order valence-corrected chi connectivity index (χ2v) is 7.13. The van der Waals surface area contributed by atoms with Crippen LogP contribution < -0.4 is 16.0 Å². The van der Waals surface area contributed by atoms with Crippen molar-refractivity contribution < 1.29 is 9.59 Å². The van der Waals surface area contributed by atoms with Gasteiger partial charge in [0.2, 0.25) is 5.91 Å². The summed E-state index contributed by atoms with van der Waals surface area (Å²) in [5.41, 5.74) is 6.04. The molecule has 0 saturated carbocycles. The average molecular weight is 359 g/mol. The number of hydrogen-bond acceptors (Lipinski definition) is 6. The minimum Gasteiger partial charge on any atom is -0.369 e. The van der Waals surface area contributed by atoms with Crippen LogP contribution in [-0.2, 0) is 11.2 Å². The van der Waals surface area contributed by atoms with Crippen LogP contribution in [0.15, 0.2) is 24.5 Å². The van der Waals surface area contributed by atoms with Crippen LogP contribution in [0.3, 0.4) is 0 Å². The minimum atomic E-state index is -0.260. The quantitative estimate of drug-likeness (QED) is 0.851. The molecule has 2 amide bonds. The number of primary amides is 1. The zero-order chi connectivity index (χ0) is 17.8. The van der Waals surface area contributed by atoms with Crippen molar-refractivity contribution in [2.45, 2.75) is 26.2 Å². The molecule has 7 nitrogen and oxygen atoms in total. The summed E-state index contributed by atoms with van der Waals surface area (Å²) in [5, 5.41) is 3.77. The average Bonchev–Trinajstić information content (AvgIpc) is 3.12. The van der Waals surface area contributed by atoms with Crippen LogP contribution in [0.25, 0.3) is 0 Å². The van der Waals surface area contributed by atoms with Crippen LogP contribution in [0.5, 0.6) is 0 Å². The lowest BCUT2D eigenvalue weighted by Crippen LogP contribution is -2.41. The van der Waals surface area contributed by atoms with Gasteiger partial charge in [-0.25, -0.2) is 9.97 Å². The molecule has 0 bridgehead atoms. The van der Waals surface area contributed by atoms with Crippen LogP contribution in [-0.4, -0.2) is 34.9 Å². The molecule has 25 heavy (non-hydrogen) atoms. The molecule has 1 unspecified atom stereocenters. The van der Waals surface area contributed by atoms with Gasteiger partial charge in [0, 0.05) is 13.1 Å². The first-order valence-electron chi connectivity index (χ1n) is 8.33. The number of nitrogens with zero attached hydrogens (tertiary/aromatic N) is 3. The third-order valence-electron chi connectivity index (χ3n) is 4.23. The van der Waals surface area contributed by atoms with Crippen LogP contribution in [0.1, 0.15) is 34.4 Å². The summed E-state index contributed by atoms with van der Waals surface area (Å²) in [6.07, 6.45) is 5.78. The van der Waals surface area contributed by atoms with Gasteiger partial charge in [-0.1, -0.05) is 6.92 Å². The van der Waals surface area contributed by atoms with E-state index >= 15 is 0 Å². The number of anilines is 2. The fourth-order valence-corrected chi connectivity index (χ4v) is 3.59. The molecule has 1 aliphatic rings. The predicted octanol–water partition coefficient (Wildman–Crippen LogP) is 2.05. The van der Waals surface area contributed by atoms with Crippen LogP contribution in [0.4, 0.5) is 11.5 Å². The second kappa shape index (κ2) is 7.60. The smallest absolute Gasteiger partial charge is 0.267 e. The molecule has 0 radical (unpaired) electrons. The number of carbonyl (C=O) groups is 2. The van der Waals surface area contributed by atoms with E-state index in [1.54, 1.807) is 12.4 Å². The lowest BCUT2D eigenvalue weighted by Gasteiger charge is -2.32. The Hall–Kier alpha value is -2.48. The molecule has 3 heterocycles. The Balaban J connectivity index is 1.63. The summed E-state index contributed by atoms with van der Waals surface area (Å²) in [4.78, 5) is 34.8. The number of aryl methyl sites for hydroxylation is 1. The maximum Gasteiger partial charge on any atom is 0.267 e. The molecule has 1 saturated heterocycles. The van der Waals surface area contributed by atoms with Gasteiger partial charge in [0.15, 0.2) is 0 Å². The normalized spacial score (nSPS) is 17.3. The molecule has 0 aromatic carbocycles. The highest BCUT2D eigenvalue weighted by Gasteiger charge is 2.24. The monoisotopic (exact) mass is 359 g/mol. The zero-order valence-electron chi connectivity index (χ0n) is 14.1. The van der Waals surface area contributed by atoms with E-state index in [4.69, 9.17) is 5.73 Å². The molecule has 1 atom stereocenters. The first-order chi connectivity index (χ1) is 12.1. The summed E-state index contributed by atoms with van der Waals surface area (Å²) >= 11 is 1.39. The van der Waals surface area contributed by atoms with Gasteiger partial charge in [0.1, 0.15) is 10.7 Å². The van der Waals surface area contributed by atoms with Crippen molar-refractivity contribution in [1.82, 2.24) is 9.97 Å². The Morgan fingerprint density at radius 1 is 1.36 bits per heavy atom. The first-order valence-corrected chi connectivity index (χ1v) is 9.15. The molecule has 8 heteroatoms. The van der Waals surface area contributed by atoms with Gasteiger partial charge >= 0.3 is 0 Å². The van der Waals surface area contributed by atoms with Crippen molar-refractivity contribution in [2.24, 2.45) is 11.7 Å². The predicted molar refractivity (Wildman–Crippen MR) is 97.8 cm³/mol. The van der Waals surface area contributed by atoms with Gasteiger partial charge < -0.3 is 16.0 Å². The third-order valence-corrected chi connectivity index (χ3v) is 5.37. The molecule has 2 aromatic rings. The number of amides is 2. The number of nitrogens with two attached hydrogens (primary N) is 1. The number of aromatic nitrogens is 2. The molecular formula is C17H21N5O2S. The van der Waals surface area contributed by atoms with E-state index < -0.39 is 0 Å². The molecular weight excluding hydrogens is 338 g/mol. The highest BCUT2D eigenvalue weighted by molar-refractivity contribution is 7.13. The van der Waals surface area contributed by atoms with Crippen LogP contribution in [0, 0.1) is 5.92 Å². The van der Waals surface area contributed by atoms with Crippen LogP contribution >= 0.6 is 11.3 Å². The van der Waals surface area contributed by atoms with Crippen molar-refractivity contribution in [3.63, 3.8) is 0 Å². The van der Waals surface area contributed by atoms with Gasteiger partial charge in [-0.15, -0.1) is 11.3 Å². The van der Waals surface area contributed by atoms with Crippen LogP contribution in [0.2, 0.25) is 0 Å². The van der Waals surface area contributed by atoms with E-state index in [1.807, 2.05) is 19.1 Å². The van der Waals surface area contributed by atoms with Gasteiger partial charge in [-0.2, -0.15) is 0 Å².